The zero-order valence-electron chi connectivity index (χ0n) is 14.3. The molecule has 1 N–H and O–H groups in total. The Morgan fingerprint density at radius 3 is 2.48 bits per heavy atom. The third-order valence-electron chi connectivity index (χ3n) is 3.20. The topological polar surface area (TPSA) is 33.7 Å². The van der Waals surface area contributed by atoms with Gasteiger partial charge in [0.2, 0.25) is 0 Å². The molecule has 0 amide bonds. The van der Waals surface area contributed by atoms with Gasteiger partial charge in [0.25, 0.3) is 0 Å². The molecule has 0 aliphatic heterocycles. The van der Waals surface area contributed by atoms with Gasteiger partial charge in [-0.3, -0.25) is 0 Å². The van der Waals surface area contributed by atoms with Crippen LogP contribution in [-0.4, -0.2) is 45.8 Å². The van der Waals surface area contributed by atoms with Crippen molar-refractivity contribution < 1.29 is 9.47 Å². The summed E-state index contributed by atoms with van der Waals surface area (Å²) in [5.41, 5.74) is 1.46. The van der Waals surface area contributed by atoms with Crippen molar-refractivity contribution in [3.8, 4) is 11.5 Å². The first-order valence-corrected chi connectivity index (χ1v) is 7.53. The molecule has 4 nitrogen and oxygen atoms in total. The summed E-state index contributed by atoms with van der Waals surface area (Å²) >= 11 is 0. The lowest BCUT2D eigenvalue weighted by Gasteiger charge is -2.28. The zero-order chi connectivity index (χ0) is 15.9. The van der Waals surface area contributed by atoms with Gasteiger partial charge in [-0.15, -0.1) is 0 Å². The molecule has 0 saturated carbocycles. The summed E-state index contributed by atoms with van der Waals surface area (Å²) in [7, 11) is 5.89. The molecule has 0 unspecified atom stereocenters. The summed E-state index contributed by atoms with van der Waals surface area (Å²) in [5, 5.41) is 3.53. The Labute approximate surface area is 129 Å². The highest BCUT2D eigenvalue weighted by Crippen LogP contribution is 2.28. The molecule has 1 rings (SSSR count). The van der Waals surface area contributed by atoms with E-state index < -0.39 is 0 Å². The molecule has 0 aliphatic rings. The maximum Gasteiger partial charge on any atom is 0.161 e. The summed E-state index contributed by atoms with van der Waals surface area (Å²) < 4.78 is 10.9. The minimum Gasteiger partial charge on any atom is -0.493 e. The number of methoxy groups -OCH3 is 1. The highest BCUT2D eigenvalue weighted by atomic mass is 16.5. The second kappa shape index (κ2) is 8.25. The fourth-order valence-electron chi connectivity index (χ4n) is 2.56. The van der Waals surface area contributed by atoms with Crippen molar-refractivity contribution in [1.82, 2.24) is 10.2 Å². The van der Waals surface area contributed by atoms with Crippen molar-refractivity contribution in [3.05, 3.63) is 23.8 Å². The van der Waals surface area contributed by atoms with Crippen LogP contribution in [-0.2, 0) is 6.54 Å². The van der Waals surface area contributed by atoms with E-state index in [2.05, 4.69) is 44.2 Å². The van der Waals surface area contributed by atoms with Crippen LogP contribution in [0.2, 0.25) is 0 Å². The van der Waals surface area contributed by atoms with Crippen LogP contribution in [0.25, 0.3) is 0 Å². The summed E-state index contributed by atoms with van der Waals surface area (Å²) in [6, 6.07) is 6.09. The normalized spacial score (nSPS) is 11.8. The van der Waals surface area contributed by atoms with Gasteiger partial charge in [-0.1, -0.05) is 19.9 Å². The molecule has 0 spiro atoms. The lowest BCUT2D eigenvalue weighted by atomic mass is 9.93. The Morgan fingerprint density at radius 1 is 1.19 bits per heavy atom. The van der Waals surface area contributed by atoms with Crippen LogP contribution in [0.4, 0.5) is 0 Å². The van der Waals surface area contributed by atoms with Crippen LogP contribution in [0.5, 0.6) is 11.5 Å². The van der Waals surface area contributed by atoms with Crippen molar-refractivity contribution in [1.29, 1.82) is 0 Å². The minimum atomic E-state index is 0.249. The van der Waals surface area contributed by atoms with Crippen LogP contribution >= 0.6 is 0 Å². The molecule has 120 valence electrons. The first-order valence-electron chi connectivity index (χ1n) is 7.53. The molecule has 1 aromatic carbocycles. The summed E-state index contributed by atoms with van der Waals surface area (Å²) in [6.45, 7) is 10.0. The van der Waals surface area contributed by atoms with E-state index in [9.17, 15) is 0 Å². The first-order chi connectivity index (χ1) is 9.88. The van der Waals surface area contributed by atoms with E-state index in [0.717, 1.165) is 31.1 Å². The molecular weight excluding hydrogens is 264 g/mol. The third-order valence-corrected chi connectivity index (χ3v) is 3.20. The van der Waals surface area contributed by atoms with E-state index in [-0.39, 0.29) is 5.41 Å². The maximum absolute atomic E-state index is 5.61. The molecule has 0 atom stereocenters. The fourth-order valence-corrected chi connectivity index (χ4v) is 2.56. The van der Waals surface area contributed by atoms with Crippen LogP contribution < -0.4 is 14.8 Å². The van der Waals surface area contributed by atoms with Crippen molar-refractivity contribution in [2.45, 2.75) is 27.3 Å². The first kappa shape index (κ1) is 17.8. The molecule has 0 fully saturated rings. The minimum absolute atomic E-state index is 0.249. The third kappa shape index (κ3) is 6.36. The molecular formula is C17H30N2O2. The molecule has 0 aromatic heterocycles. The average molecular weight is 294 g/mol. The summed E-state index contributed by atoms with van der Waals surface area (Å²) in [4.78, 5) is 2.22. The Bertz CT molecular complexity index is 431. The second-order valence-corrected chi connectivity index (χ2v) is 6.42. The van der Waals surface area contributed by atoms with Gasteiger partial charge in [0.1, 0.15) is 0 Å². The number of benzene rings is 1. The van der Waals surface area contributed by atoms with Gasteiger partial charge < -0.3 is 19.7 Å². The summed E-state index contributed by atoms with van der Waals surface area (Å²) in [5.74, 6) is 1.60. The highest BCUT2D eigenvalue weighted by molar-refractivity contribution is 5.42. The highest BCUT2D eigenvalue weighted by Gasteiger charge is 2.18. The van der Waals surface area contributed by atoms with Gasteiger partial charge in [-0.05, 0) is 44.1 Å². The molecule has 1 aromatic rings. The zero-order valence-corrected chi connectivity index (χ0v) is 14.3. The van der Waals surface area contributed by atoms with Crippen molar-refractivity contribution in [3.63, 3.8) is 0 Å². The maximum atomic E-state index is 5.61. The van der Waals surface area contributed by atoms with E-state index >= 15 is 0 Å². The number of ether oxygens (including phenoxy) is 2. The quantitative estimate of drug-likeness (QED) is 0.759. The number of nitrogens with one attached hydrogen (secondary N) is 1. The molecule has 0 bridgehead atoms. The van der Waals surface area contributed by atoms with E-state index in [1.807, 2.05) is 19.1 Å². The monoisotopic (exact) mass is 294 g/mol. The van der Waals surface area contributed by atoms with Crippen molar-refractivity contribution in [2.24, 2.45) is 5.41 Å². The molecule has 0 heterocycles. The fraction of sp³-hybridized carbons (Fsp3) is 0.647. The van der Waals surface area contributed by atoms with Crippen LogP contribution in [0.1, 0.15) is 26.3 Å². The van der Waals surface area contributed by atoms with Gasteiger partial charge >= 0.3 is 0 Å². The Balaban J connectivity index is 2.57. The van der Waals surface area contributed by atoms with Gasteiger partial charge in [-0.25, -0.2) is 0 Å². The lowest BCUT2D eigenvalue weighted by molar-refractivity contribution is 0.232. The standard InChI is InChI=1S/C17H30N2O2/c1-7-21-16-10-14(8-9-15(16)20-6)11-18-12-17(2,3)13-19(4)5/h8-10,18H,7,11-13H2,1-6H3. The van der Waals surface area contributed by atoms with E-state index in [1.54, 1.807) is 7.11 Å². The molecule has 4 heteroatoms. The Hall–Kier alpha value is -1.26. The van der Waals surface area contributed by atoms with Crippen LogP contribution in [0, 0.1) is 5.41 Å². The molecule has 21 heavy (non-hydrogen) atoms. The summed E-state index contributed by atoms with van der Waals surface area (Å²) in [6.07, 6.45) is 0. The number of hydrogen-bond acceptors (Lipinski definition) is 4. The van der Waals surface area contributed by atoms with Crippen molar-refractivity contribution >= 4 is 0 Å². The smallest absolute Gasteiger partial charge is 0.161 e. The average Bonchev–Trinajstić information content (AvgIpc) is 2.37. The number of nitrogens with zero attached hydrogens (tertiary/aromatic N) is 1. The molecule has 0 radical (unpaired) electrons. The predicted molar refractivity (Wildman–Crippen MR) is 88.2 cm³/mol. The van der Waals surface area contributed by atoms with Gasteiger partial charge in [-0.2, -0.15) is 0 Å². The Morgan fingerprint density at radius 2 is 1.90 bits per heavy atom. The van der Waals surface area contributed by atoms with Crippen molar-refractivity contribution in [2.75, 3.05) is 40.9 Å². The molecule has 0 saturated heterocycles. The van der Waals surface area contributed by atoms with Gasteiger partial charge in [0.15, 0.2) is 11.5 Å². The SMILES string of the molecule is CCOc1cc(CNCC(C)(C)CN(C)C)ccc1OC. The van der Waals surface area contributed by atoms with Crippen LogP contribution in [0.15, 0.2) is 18.2 Å². The largest absolute Gasteiger partial charge is 0.493 e. The predicted octanol–water partition coefficient (Wildman–Crippen LogP) is 2.77. The lowest BCUT2D eigenvalue weighted by Crippen LogP contribution is -2.37. The van der Waals surface area contributed by atoms with E-state index in [4.69, 9.17) is 9.47 Å². The Kier molecular flexibility index (Phi) is 6.99. The van der Waals surface area contributed by atoms with E-state index in [1.165, 1.54) is 5.56 Å². The number of rotatable bonds is 9. The van der Waals surface area contributed by atoms with E-state index in [0.29, 0.717) is 6.61 Å². The second-order valence-electron chi connectivity index (χ2n) is 6.42. The van der Waals surface area contributed by atoms with Crippen LogP contribution in [0.3, 0.4) is 0 Å². The van der Waals surface area contributed by atoms with Gasteiger partial charge in [0.05, 0.1) is 13.7 Å². The number of hydrogen-bond donors (Lipinski definition) is 1. The molecule has 0 aliphatic carbocycles. The van der Waals surface area contributed by atoms with Gasteiger partial charge in [0, 0.05) is 19.6 Å².